The molecule has 2 unspecified atom stereocenters. The van der Waals surface area contributed by atoms with Crippen molar-refractivity contribution >= 4 is 11.6 Å². The molecule has 0 radical (unpaired) electrons. The van der Waals surface area contributed by atoms with Gasteiger partial charge in [0.1, 0.15) is 5.75 Å². The third-order valence-corrected chi connectivity index (χ3v) is 4.50. The predicted octanol–water partition coefficient (Wildman–Crippen LogP) is 4.44. The van der Waals surface area contributed by atoms with Crippen molar-refractivity contribution < 1.29 is 4.74 Å². The van der Waals surface area contributed by atoms with Gasteiger partial charge in [0.05, 0.1) is 6.61 Å². The van der Waals surface area contributed by atoms with Crippen molar-refractivity contribution in [3.63, 3.8) is 0 Å². The second kappa shape index (κ2) is 7.16. The van der Waals surface area contributed by atoms with Gasteiger partial charge in [-0.25, -0.2) is 0 Å². The van der Waals surface area contributed by atoms with Gasteiger partial charge in [0.2, 0.25) is 0 Å². The number of halogens is 1. The maximum absolute atomic E-state index is 6.40. The van der Waals surface area contributed by atoms with E-state index in [2.05, 4.69) is 26.8 Å². The molecular formula is C16H26ClNO. The van der Waals surface area contributed by atoms with E-state index in [-0.39, 0.29) is 0 Å². The van der Waals surface area contributed by atoms with Crippen LogP contribution >= 0.6 is 11.6 Å². The summed E-state index contributed by atoms with van der Waals surface area (Å²) in [6.45, 7) is 12.0. The van der Waals surface area contributed by atoms with Crippen LogP contribution in [0.3, 0.4) is 0 Å². The molecule has 0 bridgehead atoms. The molecule has 2 atom stereocenters. The topological polar surface area (TPSA) is 35.2 Å². The van der Waals surface area contributed by atoms with Crippen molar-refractivity contribution in [2.75, 3.05) is 13.2 Å². The first-order valence-corrected chi connectivity index (χ1v) is 7.44. The van der Waals surface area contributed by atoms with Crippen molar-refractivity contribution in [3.8, 4) is 5.75 Å². The highest BCUT2D eigenvalue weighted by Crippen LogP contribution is 2.40. The molecule has 1 aromatic rings. The van der Waals surface area contributed by atoms with Crippen molar-refractivity contribution in [1.29, 1.82) is 0 Å². The molecule has 108 valence electrons. The Morgan fingerprint density at radius 1 is 1.32 bits per heavy atom. The molecule has 0 aliphatic heterocycles. The fourth-order valence-corrected chi connectivity index (χ4v) is 2.73. The third-order valence-electron chi connectivity index (χ3n) is 3.92. The summed E-state index contributed by atoms with van der Waals surface area (Å²) in [5, 5.41) is 0.852. The quantitative estimate of drug-likeness (QED) is 0.837. The summed E-state index contributed by atoms with van der Waals surface area (Å²) in [6, 6.07) is 2.06. The van der Waals surface area contributed by atoms with Crippen LogP contribution in [0.1, 0.15) is 49.8 Å². The Morgan fingerprint density at radius 2 is 1.95 bits per heavy atom. The van der Waals surface area contributed by atoms with Crippen molar-refractivity contribution in [2.45, 2.75) is 47.0 Å². The molecule has 1 aromatic carbocycles. The van der Waals surface area contributed by atoms with Gasteiger partial charge in [-0.1, -0.05) is 25.4 Å². The second-order valence-electron chi connectivity index (χ2n) is 5.32. The van der Waals surface area contributed by atoms with Crippen LogP contribution in [-0.2, 0) is 0 Å². The molecule has 0 aliphatic rings. The minimum absolute atomic E-state index is 0.392. The summed E-state index contributed by atoms with van der Waals surface area (Å²) >= 11 is 6.40. The van der Waals surface area contributed by atoms with Crippen LogP contribution in [0.25, 0.3) is 0 Å². The van der Waals surface area contributed by atoms with Crippen LogP contribution < -0.4 is 10.5 Å². The fourth-order valence-electron chi connectivity index (χ4n) is 2.57. The lowest BCUT2D eigenvalue weighted by atomic mass is 9.83. The maximum Gasteiger partial charge on any atom is 0.123 e. The van der Waals surface area contributed by atoms with E-state index in [0.29, 0.717) is 25.0 Å². The number of benzene rings is 1. The monoisotopic (exact) mass is 283 g/mol. The van der Waals surface area contributed by atoms with Gasteiger partial charge in [0, 0.05) is 10.6 Å². The number of nitrogens with two attached hydrogens (primary N) is 1. The summed E-state index contributed by atoms with van der Waals surface area (Å²) < 4.78 is 5.81. The van der Waals surface area contributed by atoms with E-state index in [1.165, 1.54) is 5.56 Å². The van der Waals surface area contributed by atoms with Crippen LogP contribution in [0.4, 0.5) is 0 Å². The van der Waals surface area contributed by atoms with E-state index in [9.17, 15) is 0 Å². The Morgan fingerprint density at radius 3 is 2.47 bits per heavy atom. The first kappa shape index (κ1) is 16.3. The Balaban J connectivity index is 3.26. The lowest BCUT2D eigenvalue weighted by Crippen LogP contribution is -2.14. The van der Waals surface area contributed by atoms with Gasteiger partial charge in [-0.05, 0) is 62.8 Å². The standard InChI is InChI=1S/C16H26ClNO/c1-6-19-14-9-11(3)16(17)13(5)15(14)12(4)10(2)7-8-18/h9-10,12H,6-8,18H2,1-5H3. The van der Waals surface area contributed by atoms with Gasteiger partial charge in [0.25, 0.3) is 0 Å². The molecule has 0 amide bonds. The molecule has 0 fully saturated rings. The van der Waals surface area contributed by atoms with Crippen molar-refractivity contribution in [1.82, 2.24) is 0 Å². The molecule has 0 saturated carbocycles. The molecule has 0 heterocycles. The van der Waals surface area contributed by atoms with Crippen LogP contribution in [0.15, 0.2) is 6.07 Å². The summed E-state index contributed by atoms with van der Waals surface area (Å²) in [4.78, 5) is 0. The van der Waals surface area contributed by atoms with Crippen LogP contribution in [0, 0.1) is 19.8 Å². The predicted molar refractivity (Wildman–Crippen MR) is 83.3 cm³/mol. The highest BCUT2D eigenvalue weighted by Gasteiger charge is 2.22. The molecule has 0 aromatic heterocycles. The number of aryl methyl sites for hydroxylation is 1. The summed E-state index contributed by atoms with van der Waals surface area (Å²) in [5.74, 6) is 1.88. The molecule has 2 nitrogen and oxygen atoms in total. The van der Waals surface area contributed by atoms with E-state index in [1.54, 1.807) is 0 Å². The van der Waals surface area contributed by atoms with E-state index in [1.807, 2.05) is 13.8 Å². The minimum Gasteiger partial charge on any atom is -0.494 e. The second-order valence-corrected chi connectivity index (χ2v) is 5.70. The number of rotatable bonds is 6. The average molecular weight is 284 g/mol. The summed E-state index contributed by atoms with van der Waals surface area (Å²) in [7, 11) is 0. The molecule has 2 N–H and O–H groups in total. The van der Waals surface area contributed by atoms with E-state index < -0.39 is 0 Å². The van der Waals surface area contributed by atoms with Gasteiger partial charge < -0.3 is 10.5 Å². The minimum atomic E-state index is 0.392. The molecule has 3 heteroatoms. The van der Waals surface area contributed by atoms with E-state index in [4.69, 9.17) is 22.1 Å². The first-order valence-electron chi connectivity index (χ1n) is 7.06. The maximum atomic E-state index is 6.40. The molecule has 0 saturated heterocycles. The van der Waals surface area contributed by atoms with Gasteiger partial charge in [-0.15, -0.1) is 0 Å². The van der Waals surface area contributed by atoms with Crippen LogP contribution in [-0.4, -0.2) is 13.2 Å². The van der Waals surface area contributed by atoms with Gasteiger partial charge in [-0.3, -0.25) is 0 Å². The Kier molecular flexibility index (Phi) is 6.15. The number of ether oxygens (including phenoxy) is 1. The third kappa shape index (κ3) is 3.64. The Labute approximate surface area is 122 Å². The molecule has 0 spiro atoms. The van der Waals surface area contributed by atoms with Crippen molar-refractivity contribution in [2.24, 2.45) is 11.7 Å². The van der Waals surface area contributed by atoms with E-state index >= 15 is 0 Å². The number of hydrogen-bond acceptors (Lipinski definition) is 2. The largest absolute Gasteiger partial charge is 0.494 e. The van der Waals surface area contributed by atoms with E-state index in [0.717, 1.165) is 28.3 Å². The number of hydrogen-bond donors (Lipinski definition) is 1. The molecule has 1 rings (SSSR count). The molecule has 19 heavy (non-hydrogen) atoms. The molecule has 0 aliphatic carbocycles. The lowest BCUT2D eigenvalue weighted by Gasteiger charge is -2.25. The summed E-state index contributed by atoms with van der Waals surface area (Å²) in [5.41, 5.74) is 9.13. The summed E-state index contributed by atoms with van der Waals surface area (Å²) in [6.07, 6.45) is 1.01. The Bertz CT molecular complexity index is 431. The van der Waals surface area contributed by atoms with Crippen molar-refractivity contribution in [3.05, 3.63) is 27.8 Å². The lowest BCUT2D eigenvalue weighted by molar-refractivity contribution is 0.328. The SMILES string of the molecule is CCOc1cc(C)c(Cl)c(C)c1C(C)C(C)CCN. The highest BCUT2D eigenvalue weighted by atomic mass is 35.5. The zero-order valence-electron chi connectivity index (χ0n) is 12.7. The van der Waals surface area contributed by atoms with Gasteiger partial charge in [0.15, 0.2) is 0 Å². The van der Waals surface area contributed by atoms with Crippen LogP contribution in [0.2, 0.25) is 5.02 Å². The van der Waals surface area contributed by atoms with Gasteiger partial charge in [-0.2, -0.15) is 0 Å². The zero-order valence-corrected chi connectivity index (χ0v) is 13.5. The smallest absolute Gasteiger partial charge is 0.123 e. The van der Waals surface area contributed by atoms with Gasteiger partial charge >= 0.3 is 0 Å². The highest BCUT2D eigenvalue weighted by molar-refractivity contribution is 6.32. The molecular weight excluding hydrogens is 258 g/mol. The van der Waals surface area contributed by atoms with Crippen LogP contribution in [0.5, 0.6) is 5.75 Å². The average Bonchev–Trinajstić information content (AvgIpc) is 2.36. The fraction of sp³-hybridized carbons (Fsp3) is 0.625. The zero-order chi connectivity index (χ0) is 14.6. The normalized spacial score (nSPS) is 14.3. The Hall–Kier alpha value is -0.730. The first-order chi connectivity index (χ1) is 8.93.